The number of amides is 1. The molecule has 3 rings (SSSR count). The molecule has 104 valence electrons. The summed E-state index contributed by atoms with van der Waals surface area (Å²) in [5.41, 5.74) is 0.0692. The number of nitrogens with zero attached hydrogens (tertiary/aromatic N) is 1. The molecule has 0 spiro atoms. The Kier molecular flexibility index (Phi) is 2.69. The van der Waals surface area contributed by atoms with Crippen molar-refractivity contribution in [2.24, 2.45) is 4.99 Å². The summed E-state index contributed by atoms with van der Waals surface area (Å²) in [6.45, 7) is 7.73. The van der Waals surface area contributed by atoms with E-state index < -0.39 is 30.0 Å². The van der Waals surface area contributed by atoms with Crippen LogP contribution in [-0.2, 0) is 9.31 Å². The van der Waals surface area contributed by atoms with Crippen LogP contribution in [0.2, 0.25) is 0 Å². The first kappa shape index (κ1) is 13.5. The maximum Gasteiger partial charge on any atom is 0.494 e. The Hall–Kier alpha value is -1.53. The second-order valence-electron chi connectivity index (χ2n) is 6.12. The average Bonchev–Trinajstić information content (AvgIpc) is 2.78. The van der Waals surface area contributed by atoms with Crippen molar-refractivity contribution >= 4 is 24.7 Å². The summed E-state index contributed by atoms with van der Waals surface area (Å²) >= 11 is 0. The lowest BCUT2D eigenvalue weighted by Crippen LogP contribution is -2.41. The molecule has 4 nitrogen and oxygen atoms in total. The Balaban J connectivity index is 2.00. The molecule has 1 fully saturated rings. The molecule has 2 heterocycles. The molecule has 6 heteroatoms. The van der Waals surface area contributed by atoms with E-state index in [1.165, 1.54) is 12.3 Å². The van der Waals surface area contributed by atoms with Crippen LogP contribution in [0.1, 0.15) is 43.6 Å². The predicted octanol–water partition coefficient (Wildman–Crippen LogP) is 1.70. The number of rotatable bonds is 1. The van der Waals surface area contributed by atoms with Crippen LogP contribution in [0.4, 0.5) is 4.39 Å². The van der Waals surface area contributed by atoms with Gasteiger partial charge >= 0.3 is 7.12 Å². The third kappa shape index (κ3) is 1.83. The van der Waals surface area contributed by atoms with E-state index in [4.69, 9.17) is 9.31 Å². The molecule has 0 aliphatic carbocycles. The van der Waals surface area contributed by atoms with E-state index in [1.807, 2.05) is 27.7 Å². The number of carbonyl (C=O) groups is 1. The Bertz CT molecular complexity index is 624. The lowest BCUT2D eigenvalue weighted by atomic mass is 9.77. The maximum absolute atomic E-state index is 14.0. The molecule has 1 saturated heterocycles. The first-order chi connectivity index (χ1) is 9.21. The van der Waals surface area contributed by atoms with Crippen LogP contribution in [-0.4, -0.2) is 30.4 Å². The van der Waals surface area contributed by atoms with Gasteiger partial charge in [0.2, 0.25) is 0 Å². The van der Waals surface area contributed by atoms with Gasteiger partial charge in [-0.3, -0.25) is 4.79 Å². The van der Waals surface area contributed by atoms with E-state index in [0.717, 1.165) is 0 Å². The molecule has 0 radical (unpaired) electrons. The Morgan fingerprint density at radius 2 is 1.75 bits per heavy atom. The highest BCUT2D eigenvalue weighted by Gasteiger charge is 2.52. The van der Waals surface area contributed by atoms with Crippen molar-refractivity contribution in [3.05, 3.63) is 29.1 Å². The molecule has 0 bridgehead atoms. The molecule has 0 aromatic heterocycles. The fraction of sp³-hybridized carbons (Fsp3) is 0.429. The van der Waals surface area contributed by atoms with Crippen LogP contribution in [0.5, 0.6) is 0 Å². The quantitative estimate of drug-likeness (QED) is 0.733. The fourth-order valence-electron chi connectivity index (χ4n) is 2.29. The van der Waals surface area contributed by atoms with Crippen molar-refractivity contribution in [2.75, 3.05) is 0 Å². The highest BCUT2D eigenvalue weighted by Crippen LogP contribution is 2.36. The van der Waals surface area contributed by atoms with Crippen molar-refractivity contribution in [1.29, 1.82) is 0 Å². The van der Waals surface area contributed by atoms with Crippen LogP contribution < -0.4 is 5.46 Å². The highest BCUT2D eigenvalue weighted by atomic mass is 19.1. The van der Waals surface area contributed by atoms with E-state index in [9.17, 15) is 9.18 Å². The molecule has 20 heavy (non-hydrogen) atoms. The van der Waals surface area contributed by atoms with Crippen LogP contribution in [0.25, 0.3) is 0 Å². The second kappa shape index (κ2) is 3.99. The topological polar surface area (TPSA) is 47.9 Å². The van der Waals surface area contributed by atoms with Gasteiger partial charge in [0.25, 0.3) is 5.91 Å². The summed E-state index contributed by atoms with van der Waals surface area (Å²) in [6, 6.07) is 2.97. The van der Waals surface area contributed by atoms with Gasteiger partial charge < -0.3 is 9.31 Å². The zero-order chi connectivity index (χ0) is 14.7. The van der Waals surface area contributed by atoms with Crippen LogP contribution in [0.3, 0.4) is 0 Å². The van der Waals surface area contributed by atoms with Gasteiger partial charge in [0.05, 0.1) is 16.8 Å². The van der Waals surface area contributed by atoms with Crippen LogP contribution in [0, 0.1) is 5.82 Å². The van der Waals surface area contributed by atoms with Crippen LogP contribution >= 0.6 is 0 Å². The standard InChI is InChI=1S/C14H15BFNO3/c1-13(2)14(3,4)20-15(19-13)9-5-8-7-17-12(18)11(8)10(16)6-9/h5-7H,1-4H3. The summed E-state index contributed by atoms with van der Waals surface area (Å²) < 4.78 is 25.8. The first-order valence-corrected chi connectivity index (χ1v) is 6.49. The fourth-order valence-corrected chi connectivity index (χ4v) is 2.29. The molecular weight excluding hydrogens is 260 g/mol. The van der Waals surface area contributed by atoms with Gasteiger partial charge in [0, 0.05) is 11.8 Å². The molecule has 0 saturated carbocycles. The van der Waals surface area contributed by atoms with Gasteiger partial charge in [-0.1, -0.05) is 6.07 Å². The number of halogens is 1. The minimum Gasteiger partial charge on any atom is -0.399 e. The lowest BCUT2D eigenvalue weighted by Gasteiger charge is -2.32. The van der Waals surface area contributed by atoms with E-state index in [0.29, 0.717) is 11.0 Å². The zero-order valence-electron chi connectivity index (χ0n) is 11.9. The predicted molar refractivity (Wildman–Crippen MR) is 74.0 cm³/mol. The first-order valence-electron chi connectivity index (χ1n) is 6.49. The number of hydrogen-bond acceptors (Lipinski definition) is 3. The van der Waals surface area contributed by atoms with Crippen molar-refractivity contribution in [2.45, 2.75) is 38.9 Å². The summed E-state index contributed by atoms with van der Waals surface area (Å²) in [6.07, 6.45) is 1.37. The monoisotopic (exact) mass is 275 g/mol. The molecule has 1 aromatic carbocycles. The van der Waals surface area contributed by atoms with E-state index >= 15 is 0 Å². The number of aliphatic imine (C=N–C) groups is 1. The highest BCUT2D eigenvalue weighted by molar-refractivity contribution is 6.62. The molecule has 0 N–H and O–H groups in total. The van der Waals surface area contributed by atoms with E-state index in [1.54, 1.807) is 6.07 Å². The van der Waals surface area contributed by atoms with Gasteiger partial charge in [-0.2, -0.15) is 0 Å². The zero-order valence-corrected chi connectivity index (χ0v) is 11.9. The largest absolute Gasteiger partial charge is 0.494 e. The molecule has 0 unspecified atom stereocenters. The molecule has 1 amide bonds. The Morgan fingerprint density at radius 3 is 2.35 bits per heavy atom. The van der Waals surface area contributed by atoms with Gasteiger partial charge in [-0.15, -0.1) is 0 Å². The summed E-state index contributed by atoms with van der Waals surface area (Å²) in [4.78, 5) is 15.0. The minimum atomic E-state index is -0.649. The smallest absolute Gasteiger partial charge is 0.399 e. The lowest BCUT2D eigenvalue weighted by molar-refractivity contribution is 0.00578. The third-order valence-electron chi connectivity index (χ3n) is 4.20. The molecule has 0 atom stereocenters. The maximum atomic E-state index is 14.0. The third-order valence-corrected chi connectivity index (χ3v) is 4.20. The van der Waals surface area contributed by atoms with Gasteiger partial charge in [-0.25, -0.2) is 9.38 Å². The Labute approximate surface area is 117 Å². The summed E-state index contributed by atoms with van der Waals surface area (Å²) in [5.74, 6) is -1.13. The van der Waals surface area contributed by atoms with Crippen molar-refractivity contribution in [3.8, 4) is 0 Å². The van der Waals surface area contributed by atoms with Crippen molar-refractivity contribution in [1.82, 2.24) is 0 Å². The number of fused-ring (bicyclic) bond motifs is 1. The number of hydrogen-bond donors (Lipinski definition) is 0. The summed E-state index contributed by atoms with van der Waals surface area (Å²) in [5, 5.41) is 0. The average molecular weight is 275 g/mol. The van der Waals surface area contributed by atoms with E-state index in [2.05, 4.69) is 4.99 Å². The normalized spacial score (nSPS) is 22.4. The van der Waals surface area contributed by atoms with Crippen molar-refractivity contribution < 1.29 is 18.5 Å². The minimum absolute atomic E-state index is 0.0188. The van der Waals surface area contributed by atoms with E-state index in [-0.39, 0.29) is 5.56 Å². The van der Waals surface area contributed by atoms with Gasteiger partial charge in [0.15, 0.2) is 0 Å². The molecule has 1 aromatic rings. The van der Waals surface area contributed by atoms with Gasteiger partial charge in [-0.05, 0) is 39.2 Å². The molecular formula is C14H15BFNO3. The van der Waals surface area contributed by atoms with Crippen LogP contribution in [0.15, 0.2) is 17.1 Å². The SMILES string of the molecule is CC1(C)OB(c2cc(F)c3c(c2)C=NC3=O)OC1(C)C. The molecule has 2 aliphatic rings. The number of carbonyl (C=O) groups excluding carboxylic acids is 1. The number of benzene rings is 1. The second-order valence-corrected chi connectivity index (χ2v) is 6.12. The van der Waals surface area contributed by atoms with Gasteiger partial charge in [0.1, 0.15) is 5.82 Å². The molecule has 2 aliphatic heterocycles. The summed E-state index contributed by atoms with van der Waals surface area (Å²) in [7, 11) is -0.649. The Morgan fingerprint density at radius 1 is 1.15 bits per heavy atom. The van der Waals surface area contributed by atoms with Crippen molar-refractivity contribution in [3.63, 3.8) is 0 Å².